The number of benzene rings is 1. The van der Waals surface area contributed by atoms with Gasteiger partial charge in [-0.2, -0.15) is 0 Å². The van der Waals surface area contributed by atoms with Gasteiger partial charge in [-0.3, -0.25) is 4.90 Å². The van der Waals surface area contributed by atoms with Crippen molar-refractivity contribution in [1.82, 2.24) is 9.80 Å². The van der Waals surface area contributed by atoms with Crippen LogP contribution in [0.25, 0.3) is 0 Å². The maximum Gasteiger partial charge on any atom is 0.0802 e. The average Bonchev–Trinajstić information content (AvgIpc) is 2.45. The predicted molar refractivity (Wildman–Crippen MR) is 83.8 cm³/mol. The summed E-state index contributed by atoms with van der Waals surface area (Å²) in [6.07, 6.45) is 0.483. The van der Waals surface area contributed by atoms with Crippen LogP contribution < -0.4 is 0 Å². The molecule has 2 rings (SSSR count). The molecule has 0 radical (unpaired) electrons. The van der Waals surface area contributed by atoms with Crippen LogP contribution in [0.15, 0.2) is 30.3 Å². The summed E-state index contributed by atoms with van der Waals surface area (Å²) in [6.45, 7) is 12.3. The van der Waals surface area contributed by atoms with Crippen LogP contribution in [0, 0.1) is 0 Å². The molecule has 1 unspecified atom stereocenters. The molecule has 1 aliphatic rings. The fraction of sp³-hybridized carbons (Fsp3) is 0.647. The van der Waals surface area contributed by atoms with Crippen LogP contribution in [0.3, 0.4) is 0 Å². The Morgan fingerprint density at radius 1 is 1.05 bits per heavy atom. The van der Waals surface area contributed by atoms with Crippen molar-refractivity contribution >= 4 is 0 Å². The molecule has 1 fully saturated rings. The second kappa shape index (κ2) is 6.70. The molecule has 1 heterocycles. The summed E-state index contributed by atoms with van der Waals surface area (Å²) in [4.78, 5) is 5.01. The van der Waals surface area contributed by atoms with Crippen molar-refractivity contribution in [3.8, 4) is 0 Å². The van der Waals surface area contributed by atoms with Crippen LogP contribution >= 0.6 is 0 Å². The summed E-state index contributed by atoms with van der Waals surface area (Å²) in [6, 6.07) is 9.97. The second-order valence-corrected chi connectivity index (χ2v) is 6.71. The highest BCUT2D eigenvalue weighted by Gasteiger charge is 2.25. The summed E-state index contributed by atoms with van der Waals surface area (Å²) < 4.78 is 0. The van der Waals surface area contributed by atoms with E-state index in [9.17, 15) is 5.11 Å². The first-order chi connectivity index (χ1) is 9.47. The molecule has 0 bridgehead atoms. The van der Waals surface area contributed by atoms with E-state index in [4.69, 9.17) is 0 Å². The van der Waals surface area contributed by atoms with Crippen molar-refractivity contribution in [2.75, 3.05) is 32.7 Å². The van der Waals surface area contributed by atoms with E-state index in [0.29, 0.717) is 0 Å². The van der Waals surface area contributed by atoms with Gasteiger partial charge in [0.15, 0.2) is 0 Å². The van der Waals surface area contributed by atoms with Gasteiger partial charge in [0.1, 0.15) is 0 Å². The molecule has 3 heteroatoms. The maximum atomic E-state index is 10.2. The predicted octanol–water partition coefficient (Wildman–Crippen LogP) is 2.53. The van der Waals surface area contributed by atoms with E-state index in [1.807, 2.05) is 30.3 Å². The molecule has 1 N–H and O–H groups in total. The van der Waals surface area contributed by atoms with Gasteiger partial charge in [-0.05, 0) is 32.8 Å². The summed E-state index contributed by atoms with van der Waals surface area (Å²) in [5, 5.41) is 10.2. The smallest absolute Gasteiger partial charge is 0.0802 e. The lowest BCUT2D eigenvalue weighted by Gasteiger charge is -2.42. The Labute approximate surface area is 123 Å². The van der Waals surface area contributed by atoms with E-state index in [0.717, 1.165) is 44.7 Å². The molecular weight excluding hydrogens is 248 g/mol. The van der Waals surface area contributed by atoms with Gasteiger partial charge in [0.2, 0.25) is 0 Å². The first-order valence-corrected chi connectivity index (χ1v) is 7.67. The molecule has 1 atom stereocenters. The van der Waals surface area contributed by atoms with Gasteiger partial charge in [0.05, 0.1) is 6.10 Å². The molecule has 0 spiro atoms. The highest BCUT2D eigenvalue weighted by molar-refractivity contribution is 5.17. The quantitative estimate of drug-likeness (QED) is 0.915. The Kier molecular flexibility index (Phi) is 5.19. The Morgan fingerprint density at radius 3 is 2.20 bits per heavy atom. The van der Waals surface area contributed by atoms with Crippen LogP contribution in [0.5, 0.6) is 0 Å². The zero-order chi connectivity index (χ0) is 14.6. The van der Waals surface area contributed by atoms with Crippen LogP contribution in [-0.4, -0.2) is 53.2 Å². The third kappa shape index (κ3) is 4.30. The molecule has 112 valence electrons. The van der Waals surface area contributed by atoms with Crippen LogP contribution in [0.2, 0.25) is 0 Å². The van der Waals surface area contributed by atoms with Crippen molar-refractivity contribution in [2.24, 2.45) is 0 Å². The minimum absolute atomic E-state index is 0.273. The third-order valence-electron chi connectivity index (χ3n) is 4.22. The minimum atomic E-state index is -0.336. The molecule has 1 aliphatic heterocycles. The van der Waals surface area contributed by atoms with Crippen molar-refractivity contribution in [1.29, 1.82) is 0 Å². The Morgan fingerprint density at radius 2 is 1.65 bits per heavy atom. The van der Waals surface area contributed by atoms with Gasteiger partial charge in [0, 0.05) is 38.3 Å². The van der Waals surface area contributed by atoms with Crippen molar-refractivity contribution in [2.45, 2.75) is 38.8 Å². The van der Waals surface area contributed by atoms with Crippen LogP contribution in [0.1, 0.15) is 38.9 Å². The topological polar surface area (TPSA) is 26.7 Å². The molecule has 1 aromatic carbocycles. The first-order valence-electron chi connectivity index (χ1n) is 7.67. The summed E-state index contributed by atoms with van der Waals surface area (Å²) in [5.41, 5.74) is 1.30. The number of hydrogen-bond acceptors (Lipinski definition) is 3. The van der Waals surface area contributed by atoms with Crippen molar-refractivity contribution in [3.05, 3.63) is 35.9 Å². The van der Waals surface area contributed by atoms with Gasteiger partial charge in [-0.1, -0.05) is 30.3 Å². The lowest BCUT2D eigenvalue weighted by molar-refractivity contribution is 0.0533. The summed E-state index contributed by atoms with van der Waals surface area (Å²) >= 11 is 0. The standard InChI is InChI=1S/C17H28N2O/c1-17(2,3)19-13-11-18(12-14-19)10-9-16(20)15-7-5-4-6-8-15/h4-8,16,20H,9-14H2,1-3H3. The van der Waals surface area contributed by atoms with Gasteiger partial charge in [-0.25, -0.2) is 0 Å². The molecule has 0 saturated carbocycles. The minimum Gasteiger partial charge on any atom is -0.388 e. The first kappa shape index (κ1) is 15.5. The normalized spacial score (nSPS) is 20.0. The zero-order valence-corrected chi connectivity index (χ0v) is 13.0. The van der Waals surface area contributed by atoms with Gasteiger partial charge < -0.3 is 10.0 Å². The van der Waals surface area contributed by atoms with Crippen LogP contribution in [-0.2, 0) is 0 Å². The van der Waals surface area contributed by atoms with Crippen molar-refractivity contribution < 1.29 is 5.11 Å². The molecule has 1 saturated heterocycles. The summed E-state index contributed by atoms with van der Waals surface area (Å²) in [7, 11) is 0. The van der Waals surface area contributed by atoms with Crippen LogP contribution in [0.4, 0.5) is 0 Å². The van der Waals surface area contributed by atoms with Gasteiger partial charge in [0.25, 0.3) is 0 Å². The molecule has 20 heavy (non-hydrogen) atoms. The Hall–Kier alpha value is -0.900. The Balaban J connectivity index is 1.74. The zero-order valence-electron chi connectivity index (χ0n) is 13.0. The molecule has 0 aromatic heterocycles. The molecular formula is C17H28N2O. The van der Waals surface area contributed by atoms with E-state index in [1.54, 1.807) is 0 Å². The Bertz CT molecular complexity index is 391. The second-order valence-electron chi connectivity index (χ2n) is 6.71. The summed E-state index contributed by atoms with van der Waals surface area (Å²) in [5.74, 6) is 0. The van der Waals surface area contributed by atoms with E-state index < -0.39 is 0 Å². The highest BCUT2D eigenvalue weighted by atomic mass is 16.3. The number of aliphatic hydroxyl groups is 1. The molecule has 0 aliphatic carbocycles. The number of piperazine rings is 1. The monoisotopic (exact) mass is 276 g/mol. The molecule has 3 nitrogen and oxygen atoms in total. The van der Waals surface area contributed by atoms with Crippen molar-refractivity contribution in [3.63, 3.8) is 0 Å². The lowest BCUT2D eigenvalue weighted by Crippen LogP contribution is -2.53. The van der Waals surface area contributed by atoms with E-state index in [2.05, 4.69) is 30.6 Å². The fourth-order valence-corrected chi connectivity index (χ4v) is 2.79. The lowest BCUT2D eigenvalue weighted by atomic mass is 10.0. The largest absolute Gasteiger partial charge is 0.388 e. The third-order valence-corrected chi connectivity index (χ3v) is 4.22. The number of aliphatic hydroxyl groups excluding tert-OH is 1. The average molecular weight is 276 g/mol. The fourth-order valence-electron chi connectivity index (χ4n) is 2.79. The van der Waals surface area contributed by atoms with E-state index in [-0.39, 0.29) is 11.6 Å². The number of hydrogen-bond donors (Lipinski definition) is 1. The number of rotatable bonds is 4. The maximum absolute atomic E-state index is 10.2. The highest BCUT2D eigenvalue weighted by Crippen LogP contribution is 2.19. The van der Waals surface area contributed by atoms with E-state index in [1.165, 1.54) is 0 Å². The van der Waals surface area contributed by atoms with Gasteiger partial charge in [-0.15, -0.1) is 0 Å². The SMILES string of the molecule is CC(C)(C)N1CCN(CCC(O)c2ccccc2)CC1. The number of nitrogens with zero attached hydrogens (tertiary/aromatic N) is 2. The van der Waals surface area contributed by atoms with Gasteiger partial charge >= 0.3 is 0 Å². The van der Waals surface area contributed by atoms with E-state index >= 15 is 0 Å². The molecule has 1 aromatic rings. The molecule has 0 amide bonds.